The van der Waals surface area contributed by atoms with Crippen LogP contribution in [0.15, 0.2) is 27.4 Å². The first-order valence-electron chi connectivity index (χ1n) is 6.76. The minimum atomic E-state index is -0.394. The molecule has 0 atom stereocenters. The second-order valence-corrected chi connectivity index (χ2v) is 4.66. The molecular formula is C14H21N3O2. The number of hydrogen-bond donors (Lipinski definition) is 3. The zero-order valence-corrected chi connectivity index (χ0v) is 11.3. The van der Waals surface area contributed by atoms with E-state index in [0.29, 0.717) is 5.58 Å². The molecule has 2 rings (SSSR count). The Morgan fingerprint density at radius 1 is 1.21 bits per heavy atom. The van der Waals surface area contributed by atoms with Gasteiger partial charge in [0.2, 0.25) is 0 Å². The predicted molar refractivity (Wildman–Crippen MR) is 76.6 cm³/mol. The Labute approximate surface area is 112 Å². The van der Waals surface area contributed by atoms with E-state index in [1.807, 2.05) is 25.2 Å². The molecular weight excluding hydrogens is 242 g/mol. The highest BCUT2D eigenvalue weighted by molar-refractivity contribution is 5.72. The lowest BCUT2D eigenvalue weighted by Gasteiger charge is -2.05. The van der Waals surface area contributed by atoms with Crippen molar-refractivity contribution in [3.8, 4) is 0 Å². The van der Waals surface area contributed by atoms with Crippen LogP contribution in [0.4, 0.5) is 0 Å². The van der Waals surface area contributed by atoms with E-state index in [1.54, 1.807) is 0 Å². The van der Waals surface area contributed by atoms with Gasteiger partial charge in [0.05, 0.1) is 5.52 Å². The second kappa shape index (κ2) is 7.11. The summed E-state index contributed by atoms with van der Waals surface area (Å²) in [5.41, 5.74) is 2.59. The number of hydrogen-bond acceptors (Lipinski definition) is 4. The highest BCUT2D eigenvalue weighted by Crippen LogP contribution is 2.12. The van der Waals surface area contributed by atoms with Gasteiger partial charge in [-0.3, -0.25) is 4.98 Å². The normalized spacial score (nSPS) is 11.2. The number of nitrogens with one attached hydrogen (secondary N) is 3. The van der Waals surface area contributed by atoms with Gasteiger partial charge in [0, 0.05) is 0 Å². The monoisotopic (exact) mass is 263 g/mol. The van der Waals surface area contributed by atoms with Crippen molar-refractivity contribution in [3.05, 3.63) is 34.3 Å². The van der Waals surface area contributed by atoms with Crippen LogP contribution in [0.25, 0.3) is 11.1 Å². The van der Waals surface area contributed by atoms with E-state index in [0.717, 1.165) is 31.6 Å². The average Bonchev–Trinajstić information content (AvgIpc) is 2.77. The number of unbranched alkanes of at least 4 members (excludes halogenated alkanes) is 1. The predicted octanol–water partition coefficient (Wildman–Crippen LogP) is 1.25. The summed E-state index contributed by atoms with van der Waals surface area (Å²) in [7, 11) is 1.98. The fourth-order valence-corrected chi connectivity index (χ4v) is 2.06. The fraction of sp³-hybridized carbons (Fsp3) is 0.500. The number of oxazole rings is 1. The summed E-state index contributed by atoms with van der Waals surface area (Å²) in [6.45, 7) is 3.08. The van der Waals surface area contributed by atoms with E-state index < -0.39 is 5.76 Å². The Balaban J connectivity index is 1.74. The molecule has 0 aliphatic heterocycles. The van der Waals surface area contributed by atoms with Gasteiger partial charge < -0.3 is 15.1 Å². The van der Waals surface area contributed by atoms with Crippen LogP contribution in [0, 0.1) is 0 Å². The van der Waals surface area contributed by atoms with E-state index in [1.165, 1.54) is 18.4 Å². The molecule has 0 spiro atoms. The minimum Gasteiger partial charge on any atom is -0.408 e. The molecule has 2 aromatic rings. The van der Waals surface area contributed by atoms with Crippen molar-refractivity contribution in [1.29, 1.82) is 0 Å². The smallest absolute Gasteiger partial charge is 0.408 e. The molecule has 0 saturated heterocycles. The average molecular weight is 263 g/mol. The Kier molecular flexibility index (Phi) is 5.18. The fourth-order valence-electron chi connectivity index (χ4n) is 2.06. The third-order valence-corrected chi connectivity index (χ3v) is 3.10. The maximum Gasteiger partial charge on any atom is 0.417 e. The molecule has 0 radical (unpaired) electrons. The zero-order valence-electron chi connectivity index (χ0n) is 11.3. The molecule has 0 fully saturated rings. The molecule has 1 aromatic heterocycles. The first-order chi connectivity index (χ1) is 9.29. The molecule has 0 bridgehead atoms. The first kappa shape index (κ1) is 13.8. The minimum absolute atomic E-state index is 0.394. The van der Waals surface area contributed by atoms with E-state index in [2.05, 4.69) is 15.6 Å². The second-order valence-electron chi connectivity index (χ2n) is 4.66. The standard InChI is InChI=1S/C14H21N3O2/c1-15-7-2-3-8-16-9-6-11-4-5-13-12(10-11)17-14(18)19-13/h4-5,10,15-16H,2-3,6-9H2,1H3,(H,17,18). The van der Waals surface area contributed by atoms with Gasteiger partial charge in [0.15, 0.2) is 5.58 Å². The lowest BCUT2D eigenvalue weighted by atomic mass is 10.1. The summed E-state index contributed by atoms with van der Waals surface area (Å²) in [5, 5.41) is 6.56. The van der Waals surface area contributed by atoms with E-state index in [9.17, 15) is 4.79 Å². The Morgan fingerprint density at radius 3 is 2.89 bits per heavy atom. The number of fused-ring (bicyclic) bond motifs is 1. The number of aromatic nitrogens is 1. The van der Waals surface area contributed by atoms with Crippen LogP contribution >= 0.6 is 0 Å². The van der Waals surface area contributed by atoms with Gasteiger partial charge in [-0.05, 0) is 63.6 Å². The lowest BCUT2D eigenvalue weighted by molar-refractivity contribution is 0.555. The summed E-state index contributed by atoms with van der Waals surface area (Å²) >= 11 is 0. The number of rotatable bonds is 8. The van der Waals surface area contributed by atoms with Crippen LogP contribution < -0.4 is 16.4 Å². The van der Waals surface area contributed by atoms with E-state index in [-0.39, 0.29) is 0 Å². The van der Waals surface area contributed by atoms with Crippen LogP contribution in [0.1, 0.15) is 18.4 Å². The number of H-pyrrole nitrogens is 1. The van der Waals surface area contributed by atoms with Gasteiger partial charge in [-0.15, -0.1) is 0 Å². The van der Waals surface area contributed by atoms with Crippen molar-refractivity contribution in [2.45, 2.75) is 19.3 Å². The SMILES string of the molecule is CNCCCCNCCc1ccc2oc(=O)[nH]c2c1. The van der Waals surface area contributed by atoms with Gasteiger partial charge in [0.1, 0.15) is 0 Å². The number of aromatic amines is 1. The quantitative estimate of drug-likeness (QED) is 0.627. The molecule has 0 saturated carbocycles. The molecule has 0 aliphatic carbocycles. The van der Waals surface area contributed by atoms with Crippen molar-refractivity contribution in [1.82, 2.24) is 15.6 Å². The summed E-state index contributed by atoms with van der Waals surface area (Å²) in [4.78, 5) is 13.7. The maximum atomic E-state index is 11.0. The van der Waals surface area contributed by atoms with Crippen molar-refractivity contribution >= 4 is 11.1 Å². The molecule has 5 heteroatoms. The van der Waals surface area contributed by atoms with Crippen molar-refractivity contribution in [2.24, 2.45) is 0 Å². The molecule has 0 amide bonds. The zero-order chi connectivity index (χ0) is 13.5. The van der Waals surface area contributed by atoms with E-state index in [4.69, 9.17) is 4.42 Å². The molecule has 0 aliphatic rings. The number of benzene rings is 1. The topological polar surface area (TPSA) is 70.1 Å². The molecule has 1 aromatic carbocycles. The van der Waals surface area contributed by atoms with Crippen LogP contribution in [0.2, 0.25) is 0 Å². The van der Waals surface area contributed by atoms with Gasteiger partial charge in [-0.2, -0.15) is 0 Å². The van der Waals surface area contributed by atoms with Gasteiger partial charge in [-0.1, -0.05) is 6.07 Å². The Bertz CT molecular complexity index is 559. The van der Waals surface area contributed by atoms with Crippen LogP contribution in [0.5, 0.6) is 0 Å². The Hall–Kier alpha value is -1.59. The summed E-state index contributed by atoms with van der Waals surface area (Å²) in [6.07, 6.45) is 3.34. The molecule has 0 unspecified atom stereocenters. The van der Waals surface area contributed by atoms with Gasteiger partial charge in [-0.25, -0.2) is 4.79 Å². The summed E-state index contributed by atoms with van der Waals surface area (Å²) in [5.74, 6) is -0.394. The lowest BCUT2D eigenvalue weighted by Crippen LogP contribution is -2.19. The van der Waals surface area contributed by atoms with Crippen molar-refractivity contribution in [3.63, 3.8) is 0 Å². The van der Waals surface area contributed by atoms with Gasteiger partial charge in [0.25, 0.3) is 0 Å². The summed E-state index contributed by atoms with van der Waals surface area (Å²) in [6, 6.07) is 5.82. The first-order valence-corrected chi connectivity index (χ1v) is 6.76. The summed E-state index contributed by atoms with van der Waals surface area (Å²) < 4.78 is 4.97. The Morgan fingerprint density at radius 2 is 2.05 bits per heavy atom. The van der Waals surface area contributed by atoms with Crippen molar-refractivity contribution in [2.75, 3.05) is 26.7 Å². The van der Waals surface area contributed by atoms with Crippen LogP contribution in [-0.2, 0) is 6.42 Å². The van der Waals surface area contributed by atoms with E-state index >= 15 is 0 Å². The largest absolute Gasteiger partial charge is 0.417 e. The molecule has 19 heavy (non-hydrogen) atoms. The van der Waals surface area contributed by atoms with Crippen molar-refractivity contribution < 1.29 is 4.42 Å². The third-order valence-electron chi connectivity index (χ3n) is 3.10. The highest BCUT2D eigenvalue weighted by atomic mass is 16.4. The molecule has 3 N–H and O–H groups in total. The highest BCUT2D eigenvalue weighted by Gasteiger charge is 2.01. The third kappa shape index (κ3) is 4.22. The molecule has 5 nitrogen and oxygen atoms in total. The maximum absolute atomic E-state index is 11.0. The molecule has 104 valence electrons. The van der Waals surface area contributed by atoms with Gasteiger partial charge >= 0.3 is 5.76 Å². The molecule has 1 heterocycles. The van der Waals surface area contributed by atoms with Crippen LogP contribution in [0.3, 0.4) is 0 Å². The van der Waals surface area contributed by atoms with Crippen LogP contribution in [-0.4, -0.2) is 31.7 Å².